The lowest BCUT2D eigenvalue weighted by Crippen LogP contribution is -2.51. The highest BCUT2D eigenvalue weighted by Gasteiger charge is 2.36. The fraction of sp³-hybridized carbons (Fsp3) is 0.500. The number of rotatable bonds is 3. The van der Waals surface area contributed by atoms with E-state index in [2.05, 4.69) is 4.98 Å². The zero-order valence-corrected chi connectivity index (χ0v) is 10.8. The number of carbonyl (C=O) groups excluding carboxylic acids is 1. The number of nitrogens with zero attached hydrogens (tertiary/aromatic N) is 1. The molecule has 1 aromatic rings. The van der Waals surface area contributed by atoms with Gasteiger partial charge in [-0.15, -0.1) is 0 Å². The summed E-state index contributed by atoms with van der Waals surface area (Å²) in [5, 5.41) is 9.02. The molecule has 0 saturated carbocycles. The highest BCUT2D eigenvalue weighted by Crippen LogP contribution is 2.17. The number of H-pyrrole nitrogens is 1. The number of likely N-dealkylation sites (N-methyl/N-ethyl adjacent to an activating group) is 1. The molecule has 0 radical (unpaired) electrons. The maximum atomic E-state index is 12.0. The minimum atomic E-state index is -1.33. The van der Waals surface area contributed by atoms with Crippen LogP contribution in [0, 0.1) is 6.92 Å². The number of aromatic nitrogens is 1. The lowest BCUT2D eigenvalue weighted by atomic mass is 10.0. The molecule has 0 saturated heterocycles. The minimum absolute atomic E-state index is 0.150. The summed E-state index contributed by atoms with van der Waals surface area (Å²) in [4.78, 5) is 37.9. The molecule has 0 bridgehead atoms. The second kappa shape index (κ2) is 4.33. The lowest BCUT2D eigenvalue weighted by molar-refractivity contribution is -0.147. The van der Waals surface area contributed by atoms with Crippen molar-refractivity contribution in [3.8, 4) is 0 Å². The molecule has 7 heteroatoms. The van der Waals surface area contributed by atoms with Crippen LogP contribution >= 0.6 is 11.3 Å². The van der Waals surface area contributed by atoms with E-state index in [1.807, 2.05) is 0 Å². The summed E-state index contributed by atoms with van der Waals surface area (Å²) >= 11 is 0.928. The van der Waals surface area contributed by atoms with Crippen LogP contribution in [0.3, 0.4) is 0 Å². The first kappa shape index (κ1) is 13.4. The summed E-state index contributed by atoms with van der Waals surface area (Å²) < 4.78 is 0. The van der Waals surface area contributed by atoms with E-state index in [1.54, 1.807) is 6.92 Å². The van der Waals surface area contributed by atoms with Gasteiger partial charge in [0.05, 0.1) is 0 Å². The van der Waals surface area contributed by atoms with Crippen LogP contribution in [0.1, 0.15) is 29.2 Å². The Kier molecular flexibility index (Phi) is 3.42. The monoisotopic (exact) mass is 258 g/mol. The molecule has 0 fully saturated rings. The third-order valence-electron chi connectivity index (χ3n) is 2.71. The minimum Gasteiger partial charge on any atom is -0.480 e. The standard InChI is InChI=1S/C10H14N2O4S/c1-5-6(11-9(16)17-5)7(13)12(4)10(2,3)8(14)15/h1-4H3,(H,11,16)(H,14,15). The molecule has 1 aromatic heterocycles. The zero-order chi connectivity index (χ0) is 13.4. The normalized spacial score (nSPS) is 11.3. The third-order valence-corrected chi connectivity index (χ3v) is 3.50. The van der Waals surface area contributed by atoms with E-state index in [4.69, 9.17) is 5.11 Å². The largest absolute Gasteiger partial charge is 0.480 e. The van der Waals surface area contributed by atoms with E-state index < -0.39 is 17.4 Å². The average Bonchev–Trinajstić information content (AvgIpc) is 2.55. The Morgan fingerprint density at radius 2 is 1.94 bits per heavy atom. The Morgan fingerprint density at radius 1 is 1.41 bits per heavy atom. The van der Waals surface area contributed by atoms with Crippen LogP contribution in [0.15, 0.2) is 4.79 Å². The van der Waals surface area contributed by atoms with Gasteiger partial charge >= 0.3 is 10.8 Å². The topological polar surface area (TPSA) is 90.5 Å². The number of nitrogens with one attached hydrogen (secondary N) is 1. The number of hydrogen-bond acceptors (Lipinski definition) is 4. The van der Waals surface area contributed by atoms with Gasteiger partial charge in [0.1, 0.15) is 11.2 Å². The first-order valence-corrected chi connectivity index (χ1v) is 5.71. The summed E-state index contributed by atoms with van der Waals surface area (Å²) in [5.41, 5.74) is -1.18. The Balaban J connectivity index is 3.11. The number of carboxylic acid groups (broad SMARTS) is 1. The van der Waals surface area contributed by atoms with Crippen molar-refractivity contribution in [2.45, 2.75) is 26.3 Å². The Hall–Kier alpha value is -1.63. The first-order valence-electron chi connectivity index (χ1n) is 4.89. The molecule has 1 amide bonds. The van der Waals surface area contributed by atoms with Crippen molar-refractivity contribution in [1.29, 1.82) is 0 Å². The number of carbonyl (C=O) groups is 2. The molecule has 2 N–H and O–H groups in total. The van der Waals surface area contributed by atoms with Crippen molar-refractivity contribution < 1.29 is 14.7 Å². The second-order valence-corrected chi connectivity index (χ2v) is 5.36. The van der Waals surface area contributed by atoms with Gasteiger partial charge in [0.15, 0.2) is 0 Å². The number of thiazole rings is 1. The number of amides is 1. The Morgan fingerprint density at radius 3 is 2.29 bits per heavy atom. The number of hydrogen-bond donors (Lipinski definition) is 2. The SMILES string of the molecule is Cc1sc(=O)[nH]c1C(=O)N(C)C(C)(C)C(=O)O. The van der Waals surface area contributed by atoms with Crippen LogP contribution in [0.25, 0.3) is 0 Å². The molecular formula is C10H14N2O4S. The van der Waals surface area contributed by atoms with E-state index in [1.165, 1.54) is 20.9 Å². The fourth-order valence-corrected chi connectivity index (χ4v) is 1.85. The summed E-state index contributed by atoms with van der Waals surface area (Å²) in [6.07, 6.45) is 0. The van der Waals surface area contributed by atoms with Gasteiger partial charge < -0.3 is 15.0 Å². The molecule has 0 aliphatic heterocycles. The van der Waals surface area contributed by atoms with Gasteiger partial charge in [-0.1, -0.05) is 11.3 Å². The van der Waals surface area contributed by atoms with Gasteiger partial charge in [-0.3, -0.25) is 9.59 Å². The van der Waals surface area contributed by atoms with E-state index in [0.717, 1.165) is 16.2 Å². The smallest absolute Gasteiger partial charge is 0.329 e. The van der Waals surface area contributed by atoms with E-state index in [9.17, 15) is 14.4 Å². The van der Waals surface area contributed by atoms with Crippen molar-refractivity contribution >= 4 is 23.2 Å². The number of carboxylic acids is 1. The molecule has 0 aliphatic rings. The number of aliphatic carboxylic acids is 1. The van der Waals surface area contributed by atoms with E-state index >= 15 is 0 Å². The molecular weight excluding hydrogens is 244 g/mol. The quantitative estimate of drug-likeness (QED) is 0.834. The van der Waals surface area contributed by atoms with Gasteiger partial charge in [-0.2, -0.15) is 0 Å². The van der Waals surface area contributed by atoms with Crippen LogP contribution in [0.2, 0.25) is 0 Å². The fourth-order valence-electron chi connectivity index (χ4n) is 1.17. The van der Waals surface area contributed by atoms with Crippen LogP contribution in [0.4, 0.5) is 0 Å². The average molecular weight is 258 g/mol. The molecule has 0 atom stereocenters. The highest BCUT2D eigenvalue weighted by molar-refractivity contribution is 7.09. The van der Waals surface area contributed by atoms with Crippen LogP contribution in [-0.2, 0) is 4.79 Å². The first-order chi connectivity index (χ1) is 7.67. The highest BCUT2D eigenvalue weighted by atomic mass is 32.1. The summed E-state index contributed by atoms with van der Waals surface area (Å²) in [7, 11) is 1.39. The maximum absolute atomic E-state index is 12.0. The molecule has 0 aromatic carbocycles. The van der Waals surface area contributed by atoms with Gasteiger partial charge in [0, 0.05) is 11.9 Å². The van der Waals surface area contributed by atoms with Gasteiger partial charge in [0.2, 0.25) is 0 Å². The summed E-state index contributed by atoms with van der Waals surface area (Å²) in [5.74, 6) is -1.61. The van der Waals surface area contributed by atoms with Crippen LogP contribution < -0.4 is 4.87 Å². The predicted molar refractivity (Wildman–Crippen MR) is 63.5 cm³/mol. The molecule has 0 aliphatic carbocycles. The van der Waals surface area contributed by atoms with Crippen LogP contribution in [0.5, 0.6) is 0 Å². The summed E-state index contributed by atoms with van der Waals surface area (Å²) in [6, 6.07) is 0. The molecule has 6 nitrogen and oxygen atoms in total. The molecule has 1 heterocycles. The van der Waals surface area contributed by atoms with Crippen molar-refractivity contribution in [1.82, 2.24) is 9.88 Å². The van der Waals surface area contributed by atoms with Crippen molar-refractivity contribution in [3.63, 3.8) is 0 Å². The number of aryl methyl sites for hydroxylation is 1. The van der Waals surface area contributed by atoms with Gasteiger partial charge in [0.25, 0.3) is 5.91 Å². The van der Waals surface area contributed by atoms with Crippen molar-refractivity contribution in [3.05, 3.63) is 20.2 Å². The summed E-state index contributed by atoms with van der Waals surface area (Å²) in [6.45, 7) is 4.48. The van der Waals surface area contributed by atoms with Crippen molar-refractivity contribution in [2.75, 3.05) is 7.05 Å². The molecule has 0 unspecified atom stereocenters. The Bertz CT molecular complexity index is 515. The maximum Gasteiger partial charge on any atom is 0.329 e. The van der Waals surface area contributed by atoms with Gasteiger partial charge in [-0.25, -0.2) is 4.79 Å². The lowest BCUT2D eigenvalue weighted by Gasteiger charge is -2.31. The third kappa shape index (κ3) is 2.38. The Labute approximate surface area is 102 Å². The molecule has 0 spiro atoms. The van der Waals surface area contributed by atoms with Gasteiger partial charge in [-0.05, 0) is 20.8 Å². The van der Waals surface area contributed by atoms with E-state index in [0.29, 0.717) is 4.88 Å². The molecule has 17 heavy (non-hydrogen) atoms. The van der Waals surface area contributed by atoms with Crippen LogP contribution in [-0.4, -0.2) is 39.5 Å². The predicted octanol–water partition coefficient (Wildman–Crippen LogP) is 0.680. The molecule has 94 valence electrons. The number of aromatic amines is 1. The zero-order valence-electron chi connectivity index (χ0n) is 10.0. The second-order valence-electron chi connectivity index (χ2n) is 4.17. The van der Waals surface area contributed by atoms with Crippen molar-refractivity contribution in [2.24, 2.45) is 0 Å². The molecule has 1 rings (SSSR count). The van der Waals surface area contributed by atoms with E-state index in [-0.39, 0.29) is 10.6 Å².